The number of alkyl halides is 1. The summed E-state index contributed by atoms with van der Waals surface area (Å²) in [7, 11) is 0. The van der Waals surface area contributed by atoms with Gasteiger partial charge in [0.05, 0.1) is 41.3 Å². The summed E-state index contributed by atoms with van der Waals surface area (Å²) >= 11 is 0. The standard InChI is InChI=1S/C25H24F2N4O5/c1-2-25(35)16-4-20-21-14(7-31(20)22(33)15(16)8-36-23(25)34)13(6-30-9-24(27,10-30)11-32)12-3-18(28)17(26)5-19(12)29-21/h3-5,32,35H,2,6-11,28H2,1H3/t25-/m0/s1. The van der Waals surface area contributed by atoms with Crippen LogP contribution in [0, 0.1) is 5.82 Å². The highest BCUT2D eigenvalue weighted by molar-refractivity contribution is 5.91. The number of hydrogen-bond acceptors (Lipinski definition) is 8. The number of fused-ring (bicyclic) bond motifs is 5. The number of anilines is 1. The molecule has 1 fully saturated rings. The normalized spacial score (nSPS) is 22.1. The van der Waals surface area contributed by atoms with Crippen molar-refractivity contribution in [3.63, 3.8) is 0 Å². The van der Waals surface area contributed by atoms with E-state index in [1.807, 2.05) is 4.90 Å². The Morgan fingerprint density at radius 3 is 2.67 bits per heavy atom. The third kappa shape index (κ3) is 3.06. The number of esters is 1. The highest BCUT2D eigenvalue weighted by atomic mass is 19.1. The van der Waals surface area contributed by atoms with Crippen molar-refractivity contribution >= 4 is 22.6 Å². The molecule has 5 heterocycles. The van der Waals surface area contributed by atoms with Crippen molar-refractivity contribution in [3.8, 4) is 11.4 Å². The van der Waals surface area contributed by atoms with Gasteiger partial charge in [-0.05, 0) is 24.1 Å². The molecular weight excluding hydrogens is 474 g/mol. The highest BCUT2D eigenvalue weighted by Gasteiger charge is 2.46. The van der Waals surface area contributed by atoms with Gasteiger partial charge >= 0.3 is 5.97 Å². The van der Waals surface area contributed by atoms with E-state index in [9.17, 15) is 28.6 Å². The van der Waals surface area contributed by atoms with E-state index < -0.39 is 35.2 Å². The molecular formula is C25H24F2N4O5. The third-order valence-electron chi connectivity index (χ3n) is 7.60. The van der Waals surface area contributed by atoms with Crippen LogP contribution in [0.25, 0.3) is 22.3 Å². The number of carbonyl (C=O) groups is 1. The van der Waals surface area contributed by atoms with Gasteiger partial charge in [0.1, 0.15) is 12.4 Å². The van der Waals surface area contributed by atoms with Crippen LogP contribution in [-0.2, 0) is 34.8 Å². The fraction of sp³-hybridized carbons (Fsp3) is 0.400. The van der Waals surface area contributed by atoms with Gasteiger partial charge < -0.3 is 25.3 Å². The van der Waals surface area contributed by atoms with Gasteiger partial charge in [-0.1, -0.05) is 6.92 Å². The van der Waals surface area contributed by atoms with Gasteiger partial charge in [-0.3, -0.25) is 9.69 Å². The first-order valence-corrected chi connectivity index (χ1v) is 11.7. The fourth-order valence-electron chi connectivity index (χ4n) is 5.57. The average Bonchev–Trinajstić information content (AvgIpc) is 3.20. The first-order chi connectivity index (χ1) is 17.1. The number of rotatable bonds is 4. The van der Waals surface area contributed by atoms with Gasteiger partial charge in [-0.2, -0.15) is 0 Å². The lowest BCUT2D eigenvalue weighted by Crippen LogP contribution is -2.60. The van der Waals surface area contributed by atoms with Crippen LogP contribution in [0.2, 0.25) is 0 Å². The SMILES string of the molecule is CC[C@@]1(O)C(=O)OCc2c1cc1n(c2=O)Cc2c-1nc1cc(F)c(N)cc1c2CN1CC(F)(CO)C1. The molecule has 36 heavy (non-hydrogen) atoms. The van der Waals surface area contributed by atoms with E-state index >= 15 is 0 Å². The molecule has 3 aliphatic heterocycles. The number of aliphatic hydroxyl groups excluding tert-OH is 1. The van der Waals surface area contributed by atoms with Crippen LogP contribution in [0.5, 0.6) is 0 Å². The monoisotopic (exact) mass is 498 g/mol. The molecule has 4 N–H and O–H groups in total. The molecule has 0 amide bonds. The lowest BCUT2D eigenvalue weighted by Gasteiger charge is -2.43. The Morgan fingerprint density at radius 1 is 1.22 bits per heavy atom. The van der Waals surface area contributed by atoms with E-state index in [1.54, 1.807) is 13.0 Å². The number of carbonyl (C=O) groups excluding carboxylic acids is 1. The number of nitrogens with two attached hydrogens (primary N) is 1. The fourth-order valence-corrected chi connectivity index (χ4v) is 5.57. The first-order valence-electron chi connectivity index (χ1n) is 11.7. The molecule has 1 saturated heterocycles. The van der Waals surface area contributed by atoms with Crippen LogP contribution in [0.15, 0.2) is 23.0 Å². The highest BCUT2D eigenvalue weighted by Crippen LogP contribution is 2.41. The lowest BCUT2D eigenvalue weighted by molar-refractivity contribution is -0.172. The summed E-state index contributed by atoms with van der Waals surface area (Å²) in [5, 5.41) is 20.9. The van der Waals surface area contributed by atoms with E-state index in [2.05, 4.69) is 4.98 Å². The zero-order valence-corrected chi connectivity index (χ0v) is 19.5. The van der Waals surface area contributed by atoms with Gasteiger partial charge in [0.25, 0.3) is 5.56 Å². The molecule has 0 saturated carbocycles. The van der Waals surface area contributed by atoms with Crippen LogP contribution in [-0.4, -0.2) is 56.0 Å². The van der Waals surface area contributed by atoms with Gasteiger partial charge in [0.2, 0.25) is 0 Å². The molecule has 0 spiro atoms. The maximum atomic E-state index is 14.4. The second-order valence-corrected chi connectivity index (χ2v) is 9.87. The summed E-state index contributed by atoms with van der Waals surface area (Å²) in [5.74, 6) is -1.46. The molecule has 1 aromatic carbocycles. The van der Waals surface area contributed by atoms with Crippen LogP contribution in [0.3, 0.4) is 0 Å². The number of cyclic esters (lactones) is 1. The van der Waals surface area contributed by atoms with Gasteiger partial charge in [0.15, 0.2) is 11.3 Å². The van der Waals surface area contributed by atoms with E-state index in [-0.39, 0.29) is 56.0 Å². The van der Waals surface area contributed by atoms with Crippen LogP contribution >= 0.6 is 0 Å². The Labute approximate surface area is 203 Å². The molecule has 0 radical (unpaired) electrons. The Morgan fingerprint density at radius 2 is 1.97 bits per heavy atom. The Bertz CT molecular complexity index is 1530. The zero-order chi connectivity index (χ0) is 25.6. The Hall–Kier alpha value is -3.41. The van der Waals surface area contributed by atoms with Gasteiger partial charge in [-0.25, -0.2) is 18.6 Å². The van der Waals surface area contributed by atoms with Crippen molar-refractivity contribution in [1.82, 2.24) is 14.5 Å². The van der Waals surface area contributed by atoms with Crippen LogP contribution in [0.4, 0.5) is 14.5 Å². The number of ether oxygens (including phenoxy) is 1. The molecule has 3 aromatic rings. The number of aromatic nitrogens is 2. The number of aliphatic hydroxyl groups is 2. The Balaban J connectivity index is 1.56. The maximum Gasteiger partial charge on any atom is 0.343 e. The molecule has 11 heteroatoms. The largest absolute Gasteiger partial charge is 0.458 e. The number of nitrogens with zero attached hydrogens (tertiary/aromatic N) is 3. The molecule has 2 aromatic heterocycles. The average molecular weight is 498 g/mol. The van der Waals surface area contributed by atoms with Gasteiger partial charge in [0, 0.05) is 42.2 Å². The quantitative estimate of drug-likeness (QED) is 0.284. The maximum absolute atomic E-state index is 14.4. The minimum atomic E-state index is -1.96. The minimum Gasteiger partial charge on any atom is -0.458 e. The second-order valence-electron chi connectivity index (χ2n) is 9.87. The summed E-state index contributed by atoms with van der Waals surface area (Å²) in [6.45, 7) is 1.29. The number of nitrogen functional groups attached to an aromatic ring is 1. The molecule has 0 unspecified atom stereocenters. The van der Waals surface area contributed by atoms with Crippen LogP contribution in [0.1, 0.15) is 35.6 Å². The number of likely N-dealkylation sites (tertiary alicyclic amines) is 1. The summed E-state index contributed by atoms with van der Waals surface area (Å²) in [5.41, 5.74) is 4.69. The van der Waals surface area contributed by atoms with E-state index in [0.717, 1.165) is 5.56 Å². The number of benzene rings is 1. The molecule has 0 aliphatic carbocycles. The van der Waals surface area contributed by atoms with Crippen molar-refractivity contribution in [2.45, 2.75) is 44.3 Å². The molecule has 6 rings (SSSR count). The third-order valence-corrected chi connectivity index (χ3v) is 7.60. The molecule has 188 valence electrons. The molecule has 9 nitrogen and oxygen atoms in total. The second kappa shape index (κ2) is 7.55. The predicted octanol–water partition coefficient (Wildman–Crippen LogP) is 1.32. The summed E-state index contributed by atoms with van der Waals surface area (Å²) in [6, 6.07) is 4.29. The first kappa shape index (κ1) is 23.0. The number of halogens is 2. The number of pyridine rings is 2. The molecule has 1 atom stereocenters. The number of hydrogen-bond donors (Lipinski definition) is 3. The molecule has 0 bridgehead atoms. The summed E-state index contributed by atoms with van der Waals surface area (Å²) in [6.07, 6.45) is 0.0142. The van der Waals surface area contributed by atoms with Gasteiger partial charge in [-0.15, -0.1) is 0 Å². The van der Waals surface area contributed by atoms with Crippen molar-refractivity contribution in [2.24, 2.45) is 0 Å². The van der Waals surface area contributed by atoms with E-state index in [0.29, 0.717) is 27.9 Å². The van der Waals surface area contributed by atoms with Crippen molar-refractivity contribution < 1.29 is 28.5 Å². The minimum absolute atomic E-state index is 0.0142. The van der Waals surface area contributed by atoms with Crippen molar-refractivity contribution in [1.29, 1.82) is 0 Å². The summed E-state index contributed by atoms with van der Waals surface area (Å²) in [4.78, 5) is 32.3. The van der Waals surface area contributed by atoms with Crippen molar-refractivity contribution in [3.05, 3.63) is 56.6 Å². The Kier molecular flexibility index (Phi) is 4.82. The summed E-state index contributed by atoms with van der Waals surface area (Å²) < 4.78 is 35.4. The lowest BCUT2D eigenvalue weighted by atomic mass is 9.86. The smallest absolute Gasteiger partial charge is 0.343 e. The predicted molar refractivity (Wildman–Crippen MR) is 125 cm³/mol. The van der Waals surface area contributed by atoms with Crippen LogP contribution < -0.4 is 11.3 Å². The molecule has 3 aliphatic rings. The van der Waals surface area contributed by atoms with E-state index in [1.165, 1.54) is 16.7 Å². The zero-order valence-electron chi connectivity index (χ0n) is 19.5. The topological polar surface area (TPSA) is 131 Å². The van der Waals surface area contributed by atoms with E-state index in [4.69, 9.17) is 10.5 Å². The van der Waals surface area contributed by atoms with Crippen molar-refractivity contribution in [2.75, 3.05) is 25.4 Å².